The molecule has 1 aliphatic rings. The van der Waals surface area contributed by atoms with E-state index < -0.39 is 10.0 Å². The summed E-state index contributed by atoms with van der Waals surface area (Å²) in [6.45, 7) is 2.04. The normalized spacial score (nSPS) is 21.3. The molecule has 1 fully saturated rings. The van der Waals surface area contributed by atoms with Crippen molar-refractivity contribution in [3.8, 4) is 0 Å². The fraction of sp³-hybridized carbons (Fsp3) is 0.500. The van der Waals surface area contributed by atoms with Crippen molar-refractivity contribution in [2.45, 2.75) is 30.2 Å². The minimum Gasteiger partial charge on any atom is -0.382 e. The third kappa shape index (κ3) is 3.69. The molecule has 0 amide bonds. The summed E-state index contributed by atoms with van der Waals surface area (Å²) in [7, 11) is -3.63. The van der Waals surface area contributed by atoms with Gasteiger partial charge in [-0.1, -0.05) is 6.07 Å². The second kappa shape index (κ2) is 5.69. The van der Waals surface area contributed by atoms with Crippen LogP contribution in [0.25, 0.3) is 0 Å². The minimum absolute atomic E-state index is 0.152. The summed E-state index contributed by atoms with van der Waals surface area (Å²) in [6.07, 6.45) is 3.26. The smallest absolute Gasteiger partial charge is 0.238 e. The van der Waals surface area contributed by atoms with E-state index in [-0.39, 0.29) is 4.90 Å². The Bertz CT molecular complexity index is 494. The van der Waals surface area contributed by atoms with Crippen molar-refractivity contribution in [3.63, 3.8) is 0 Å². The summed E-state index contributed by atoms with van der Waals surface area (Å²) in [5.74, 6) is 0. The van der Waals surface area contributed by atoms with Crippen LogP contribution in [0.5, 0.6) is 0 Å². The minimum atomic E-state index is -3.63. The third-order valence-electron chi connectivity index (χ3n) is 3.11. The summed E-state index contributed by atoms with van der Waals surface area (Å²) in [6, 6.07) is 7.06. The van der Waals surface area contributed by atoms with E-state index in [4.69, 9.17) is 5.14 Å². The monoisotopic (exact) mass is 269 g/mol. The first kappa shape index (κ1) is 13.3. The molecule has 0 radical (unpaired) electrons. The van der Waals surface area contributed by atoms with Gasteiger partial charge in [0.1, 0.15) is 0 Å². The van der Waals surface area contributed by atoms with Crippen LogP contribution in [0, 0.1) is 0 Å². The van der Waals surface area contributed by atoms with Gasteiger partial charge >= 0.3 is 0 Å². The van der Waals surface area contributed by atoms with E-state index >= 15 is 0 Å². The molecule has 0 aliphatic carbocycles. The lowest BCUT2D eigenvalue weighted by Crippen LogP contribution is -2.21. The molecular weight excluding hydrogens is 250 g/mol. The van der Waals surface area contributed by atoms with Crippen molar-refractivity contribution in [1.82, 2.24) is 5.32 Å². The van der Waals surface area contributed by atoms with Crippen LogP contribution in [0.15, 0.2) is 29.2 Å². The molecule has 1 aliphatic heterocycles. The van der Waals surface area contributed by atoms with Gasteiger partial charge in [-0.3, -0.25) is 0 Å². The first-order valence-corrected chi connectivity index (χ1v) is 7.70. The SMILES string of the molecule is NS(=O)(=O)c1cccc(NC2CCCNCC2)c1. The van der Waals surface area contributed by atoms with Crippen LogP contribution >= 0.6 is 0 Å². The predicted octanol–water partition coefficient (Wildman–Crippen LogP) is 0.888. The number of primary sulfonamides is 1. The van der Waals surface area contributed by atoms with Crippen molar-refractivity contribution in [1.29, 1.82) is 0 Å². The largest absolute Gasteiger partial charge is 0.382 e. The van der Waals surface area contributed by atoms with Gasteiger partial charge in [0.2, 0.25) is 10.0 Å². The Morgan fingerprint density at radius 3 is 2.89 bits per heavy atom. The van der Waals surface area contributed by atoms with Gasteiger partial charge in [0.15, 0.2) is 0 Å². The lowest BCUT2D eigenvalue weighted by molar-refractivity contribution is 0.597. The van der Waals surface area contributed by atoms with Gasteiger partial charge in [-0.05, 0) is 50.6 Å². The van der Waals surface area contributed by atoms with E-state index in [1.165, 1.54) is 6.07 Å². The maximum absolute atomic E-state index is 11.3. The van der Waals surface area contributed by atoms with Crippen molar-refractivity contribution in [2.24, 2.45) is 5.14 Å². The Balaban J connectivity index is 2.09. The van der Waals surface area contributed by atoms with Crippen molar-refractivity contribution in [2.75, 3.05) is 18.4 Å². The summed E-state index contributed by atoms with van der Waals surface area (Å²) in [5.41, 5.74) is 0.813. The Hall–Kier alpha value is -1.11. The Morgan fingerprint density at radius 2 is 2.11 bits per heavy atom. The molecule has 4 N–H and O–H groups in total. The van der Waals surface area contributed by atoms with E-state index in [2.05, 4.69) is 10.6 Å². The van der Waals surface area contributed by atoms with Crippen molar-refractivity contribution >= 4 is 15.7 Å². The first-order valence-electron chi connectivity index (χ1n) is 6.16. The van der Waals surface area contributed by atoms with Gasteiger partial charge in [0, 0.05) is 11.7 Å². The number of nitrogens with one attached hydrogen (secondary N) is 2. The van der Waals surface area contributed by atoms with Gasteiger partial charge in [0.05, 0.1) is 4.90 Å². The summed E-state index contributed by atoms with van der Waals surface area (Å²) < 4.78 is 22.5. The zero-order valence-corrected chi connectivity index (χ0v) is 11.0. The average Bonchev–Trinajstić information content (AvgIpc) is 2.57. The lowest BCUT2D eigenvalue weighted by atomic mass is 10.1. The maximum atomic E-state index is 11.3. The Kier molecular flexibility index (Phi) is 4.21. The van der Waals surface area contributed by atoms with Gasteiger partial charge < -0.3 is 10.6 Å². The molecule has 1 saturated heterocycles. The summed E-state index contributed by atoms with van der Waals surface area (Å²) >= 11 is 0. The second-order valence-corrected chi connectivity index (χ2v) is 6.16. The van der Waals surface area contributed by atoms with E-state index in [9.17, 15) is 8.42 Å². The molecular formula is C12H19N3O2S. The highest BCUT2D eigenvalue weighted by atomic mass is 32.2. The second-order valence-electron chi connectivity index (χ2n) is 4.60. The van der Waals surface area contributed by atoms with Crippen molar-refractivity contribution < 1.29 is 8.42 Å². The Labute approximate surface area is 108 Å². The van der Waals surface area contributed by atoms with Crippen LogP contribution in [-0.4, -0.2) is 27.5 Å². The molecule has 100 valence electrons. The molecule has 2 rings (SSSR count). The lowest BCUT2D eigenvalue weighted by Gasteiger charge is -2.17. The van der Waals surface area contributed by atoms with Crippen LogP contribution < -0.4 is 15.8 Å². The molecule has 1 heterocycles. The van der Waals surface area contributed by atoms with Crippen LogP contribution in [0.4, 0.5) is 5.69 Å². The van der Waals surface area contributed by atoms with Crippen LogP contribution in [0.2, 0.25) is 0 Å². The quantitative estimate of drug-likeness (QED) is 0.761. The van der Waals surface area contributed by atoms with Crippen LogP contribution in [0.3, 0.4) is 0 Å². The molecule has 18 heavy (non-hydrogen) atoms. The molecule has 0 bridgehead atoms. The standard InChI is InChI=1S/C12H19N3O2S/c13-18(16,17)12-5-1-3-11(9-12)15-10-4-2-7-14-8-6-10/h1,3,5,9-10,14-15H,2,4,6-8H2,(H2,13,16,17). The van der Waals surface area contributed by atoms with E-state index in [1.807, 2.05) is 6.07 Å². The fourth-order valence-corrected chi connectivity index (χ4v) is 2.72. The molecule has 0 spiro atoms. The molecule has 5 nitrogen and oxygen atoms in total. The molecule has 1 unspecified atom stereocenters. The number of rotatable bonds is 3. The highest BCUT2D eigenvalue weighted by molar-refractivity contribution is 7.89. The predicted molar refractivity (Wildman–Crippen MR) is 71.9 cm³/mol. The van der Waals surface area contributed by atoms with E-state index in [1.54, 1.807) is 12.1 Å². The van der Waals surface area contributed by atoms with Gasteiger partial charge in [-0.15, -0.1) is 0 Å². The van der Waals surface area contributed by atoms with Crippen LogP contribution in [-0.2, 0) is 10.0 Å². The molecule has 6 heteroatoms. The first-order chi connectivity index (χ1) is 8.55. The molecule has 1 aromatic carbocycles. The molecule has 1 atom stereocenters. The highest BCUT2D eigenvalue weighted by Crippen LogP contribution is 2.17. The van der Waals surface area contributed by atoms with Gasteiger partial charge in [-0.25, -0.2) is 13.6 Å². The fourth-order valence-electron chi connectivity index (χ4n) is 2.16. The summed E-state index contributed by atoms with van der Waals surface area (Å²) in [4.78, 5) is 0.152. The number of anilines is 1. The highest BCUT2D eigenvalue weighted by Gasteiger charge is 2.13. The third-order valence-corrected chi connectivity index (χ3v) is 4.02. The molecule has 0 saturated carbocycles. The zero-order chi connectivity index (χ0) is 13.0. The maximum Gasteiger partial charge on any atom is 0.238 e. The zero-order valence-electron chi connectivity index (χ0n) is 10.2. The molecule has 1 aromatic rings. The van der Waals surface area contributed by atoms with Crippen molar-refractivity contribution in [3.05, 3.63) is 24.3 Å². The van der Waals surface area contributed by atoms with Crippen LogP contribution in [0.1, 0.15) is 19.3 Å². The van der Waals surface area contributed by atoms with E-state index in [0.29, 0.717) is 6.04 Å². The Morgan fingerprint density at radius 1 is 1.28 bits per heavy atom. The number of nitrogens with two attached hydrogens (primary N) is 1. The summed E-state index contributed by atoms with van der Waals surface area (Å²) in [5, 5.41) is 11.8. The number of hydrogen-bond donors (Lipinski definition) is 3. The number of benzene rings is 1. The van der Waals surface area contributed by atoms with E-state index in [0.717, 1.165) is 38.0 Å². The molecule has 0 aromatic heterocycles. The number of sulfonamides is 1. The average molecular weight is 269 g/mol. The van der Waals surface area contributed by atoms with Gasteiger partial charge in [-0.2, -0.15) is 0 Å². The van der Waals surface area contributed by atoms with Gasteiger partial charge in [0.25, 0.3) is 0 Å². The topological polar surface area (TPSA) is 84.2 Å². The number of hydrogen-bond acceptors (Lipinski definition) is 4.